The molecule has 0 saturated heterocycles. The summed E-state index contributed by atoms with van der Waals surface area (Å²) in [5, 5.41) is 10.00. The summed E-state index contributed by atoms with van der Waals surface area (Å²) in [6, 6.07) is 6.24. The number of benzene rings is 1. The quantitative estimate of drug-likeness (QED) is 0.825. The predicted octanol–water partition coefficient (Wildman–Crippen LogP) is 2.56. The first-order valence-corrected chi connectivity index (χ1v) is 6.10. The molecule has 1 atom stereocenters. The Morgan fingerprint density at radius 1 is 1.41 bits per heavy atom. The zero-order valence-corrected chi connectivity index (χ0v) is 11.2. The molecular weight excluding hydrogens is 214 g/mol. The van der Waals surface area contributed by atoms with Crippen molar-refractivity contribution in [3.8, 4) is 5.75 Å². The molecule has 1 unspecified atom stereocenters. The number of aryl methyl sites for hydroxylation is 1. The summed E-state index contributed by atoms with van der Waals surface area (Å²) in [6.07, 6.45) is 0. The molecule has 96 valence electrons. The summed E-state index contributed by atoms with van der Waals surface area (Å²) < 4.78 is 5.17. The fourth-order valence-electron chi connectivity index (χ4n) is 1.99. The Labute approximate surface area is 104 Å². The Balaban J connectivity index is 2.77. The van der Waals surface area contributed by atoms with E-state index in [1.807, 2.05) is 25.1 Å². The van der Waals surface area contributed by atoms with Crippen LogP contribution in [0.25, 0.3) is 0 Å². The molecule has 0 fully saturated rings. The summed E-state index contributed by atoms with van der Waals surface area (Å²) in [5.74, 6) is 0.413. The fraction of sp³-hybridized carbons (Fsp3) is 0.571. The molecule has 17 heavy (non-hydrogen) atoms. The SMILES string of the molecule is CCN(Cc1cccc(C)c1O)C(C)COC. The molecule has 3 nitrogen and oxygen atoms in total. The summed E-state index contributed by atoms with van der Waals surface area (Å²) in [7, 11) is 1.72. The van der Waals surface area contributed by atoms with Crippen LogP contribution in [-0.4, -0.2) is 36.3 Å². The van der Waals surface area contributed by atoms with Crippen LogP contribution in [0.5, 0.6) is 5.75 Å². The van der Waals surface area contributed by atoms with Crippen LogP contribution in [0.1, 0.15) is 25.0 Å². The largest absolute Gasteiger partial charge is 0.507 e. The second-order valence-electron chi connectivity index (χ2n) is 4.45. The third-order valence-corrected chi connectivity index (χ3v) is 3.13. The van der Waals surface area contributed by atoms with Crippen molar-refractivity contribution in [1.29, 1.82) is 0 Å². The molecule has 0 aliphatic heterocycles. The third kappa shape index (κ3) is 3.72. The van der Waals surface area contributed by atoms with Gasteiger partial charge in [-0.1, -0.05) is 25.1 Å². The summed E-state index contributed by atoms with van der Waals surface area (Å²) in [6.45, 7) is 8.60. The van der Waals surface area contributed by atoms with E-state index in [1.54, 1.807) is 7.11 Å². The second kappa shape index (κ2) is 6.62. The van der Waals surface area contributed by atoms with Gasteiger partial charge >= 0.3 is 0 Å². The van der Waals surface area contributed by atoms with E-state index < -0.39 is 0 Å². The lowest BCUT2D eigenvalue weighted by atomic mass is 10.1. The molecular formula is C14H23NO2. The van der Waals surface area contributed by atoms with Crippen LogP contribution in [0.4, 0.5) is 0 Å². The van der Waals surface area contributed by atoms with Crippen LogP contribution in [0.15, 0.2) is 18.2 Å². The Hall–Kier alpha value is -1.06. The zero-order chi connectivity index (χ0) is 12.8. The van der Waals surface area contributed by atoms with Crippen molar-refractivity contribution in [3.63, 3.8) is 0 Å². The number of para-hydroxylation sites is 1. The number of phenols is 1. The van der Waals surface area contributed by atoms with E-state index >= 15 is 0 Å². The second-order valence-corrected chi connectivity index (χ2v) is 4.45. The highest BCUT2D eigenvalue weighted by Gasteiger charge is 2.14. The molecule has 1 aromatic carbocycles. The maximum absolute atomic E-state index is 10.00. The van der Waals surface area contributed by atoms with E-state index in [9.17, 15) is 5.11 Å². The van der Waals surface area contributed by atoms with Gasteiger partial charge in [0.25, 0.3) is 0 Å². The topological polar surface area (TPSA) is 32.7 Å². The molecule has 0 aliphatic rings. The zero-order valence-electron chi connectivity index (χ0n) is 11.2. The third-order valence-electron chi connectivity index (χ3n) is 3.13. The molecule has 0 heterocycles. The molecule has 0 amide bonds. The first kappa shape index (κ1) is 14.0. The number of nitrogens with zero attached hydrogens (tertiary/aromatic N) is 1. The molecule has 0 aromatic heterocycles. The highest BCUT2D eigenvalue weighted by atomic mass is 16.5. The highest BCUT2D eigenvalue weighted by molar-refractivity contribution is 5.39. The Morgan fingerprint density at radius 3 is 2.71 bits per heavy atom. The van der Waals surface area contributed by atoms with E-state index in [-0.39, 0.29) is 0 Å². The van der Waals surface area contributed by atoms with Crippen LogP contribution in [0.3, 0.4) is 0 Å². The standard InChI is InChI=1S/C14H23NO2/c1-5-15(12(3)10-17-4)9-13-8-6-7-11(2)14(13)16/h6-8,12,16H,5,9-10H2,1-4H3. The van der Waals surface area contributed by atoms with E-state index in [4.69, 9.17) is 4.74 Å². The van der Waals surface area contributed by atoms with E-state index in [1.165, 1.54) is 0 Å². The Morgan fingerprint density at radius 2 is 2.12 bits per heavy atom. The molecule has 0 saturated carbocycles. The van der Waals surface area contributed by atoms with Crippen LogP contribution in [0, 0.1) is 6.92 Å². The van der Waals surface area contributed by atoms with Gasteiger partial charge in [-0.05, 0) is 26.0 Å². The van der Waals surface area contributed by atoms with Crippen LogP contribution >= 0.6 is 0 Å². The number of aromatic hydroxyl groups is 1. The molecule has 0 spiro atoms. The fourth-order valence-corrected chi connectivity index (χ4v) is 1.99. The number of hydrogen-bond acceptors (Lipinski definition) is 3. The maximum atomic E-state index is 10.00. The highest BCUT2D eigenvalue weighted by Crippen LogP contribution is 2.23. The Bertz CT molecular complexity index is 352. The number of ether oxygens (including phenoxy) is 1. The lowest BCUT2D eigenvalue weighted by molar-refractivity contribution is 0.0976. The van der Waals surface area contributed by atoms with E-state index in [0.717, 1.165) is 24.2 Å². The van der Waals surface area contributed by atoms with Crippen LogP contribution < -0.4 is 0 Å². The lowest BCUT2D eigenvalue weighted by Gasteiger charge is -2.27. The van der Waals surface area contributed by atoms with Gasteiger partial charge in [0.15, 0.2) is 0 Å². The average molecular weight is 237 g/mol. The number of phenolic OH excluding ortho intramolecular Hbond substituents is 1. The van der Waals surface area contributed by atoms with Gasteiger partial charge in [0.1, 0.15) is 5.75 Å². The van der Waals surface area contributed by atoms with Crippen molar-refractivity contribution in [2.45, 2.75) is 33.4 Å². The first-order valence-electron chi connectivity index (χ1n) is 6.10. The minimum absolute atomic E-state index is 0.352. The molecule has 0 radical (unpaired) electrons. The van der Waals surface area contributed by atoms with Crippen LogP contribution in [-0.2, 0) is 11.3 Å². The average Bonchev–Trinajstić information content (AvgIpc) is 2.31. The van der Waals surface area contributed by atoms with Crippen molar-refractivity contribution < 1.29 is 9.84 Å². The van der Waals surface area contributed by atoms with E-state index in [0.29, 0.717) is 18.4 Å². The molecule has 1 aromatic rings. The van der Waals surface area contributed by atoms with Crippen molar-refractivity contribution in [2.24, 2.45) is 0 Å². The van der Waals surface area contributed by atoms with Crippen molar-refractivity contribution >= 4 is 0 Å². The van der Waals surface area contributed by atoms with Gasteiger partial charge < -0.3 is 9.84 Å². The molecule has 0 bridgehead atoms. The van der Waals surface area contributed by atoms with Gasteiger partial charge in [-0.3, -0.25) is 4.90 Å². The molecule has 0 aliphatic carbocycles. The van der Waals surface area contributed by atoms with Gasteiger partial charge in [-0.25, -0.2) is 0 Å². The minimum atomic E-state index is 0.352. The number of rotatable bonds is 6. The molecule has 1 N–H and O–H groups in total. The monoisotopic (exact) mass is 237 g/mol. The summed E-state index contributed by atoms with van der Waals surface area (Å²) in [5.41, 5.74) is 1.91. The summed E-state index contributed by atoms with van der Waals surface area (Å²) in [4.78, 5) is 2.29. The van der Waals surface area contributed by atoms with Crippen molar-refractivity contribution in [3.05, 3.63) is 29.3 Å². The number of methoxy groups -OCH3 is 1. The van der Waals surface area contributed by atoms with Gasteiger partial charge in [0.05, 0.1) is 6.61 Å². The van der Waals surface area contributed by atoms with Crippen molar-refractivity contribution in [1.82, 2.24) is 4.90 Å². The Kier molecular flexibility index (Phi) is 5.45. The van der Waals surface area contributed by atoms with Gasteiger partial charge in [0.2, 0.25) is 0 Å². The smallest absolute Gasteiger partial charge is 0.122 e. The number of likely N-dealkylation sites (N-methyl/N-ethyl adjacent to an activating group) is 1. The first-order chi connectivity index (χ1) is 8.10. The normalized spacial score (nSPS) is 13.0. The van der Waals surface area contributed by atoms with Gasteiger partial charge in [-0.15, -0.1) is 0 Å². The van der Waals surface area contributed by atoms with E-state index in [2.05, 4.69) is 18.7 Å². The predicted molar refractivity (Wildman–Crippen MR) is 70.3 cm³/mol. The van der Waals surface area contributed by atoms with Gasteiger partial charge in [0, 0.05) is 25.3 Å². The van der Waals surface area contributed by atoms with Crippen molar-refractivity contribution in [2.75, 3.05) is 20.3 Å². The summed E-state index contributed by atoms with van der Waals surface area (Å²) >= 11 is 0. The maximum Gasteiger partial charge on any atom is 0.122 e. The minimum Gasteiger partial charge on any atom is -0.507 e. The van der Waals surface area contributed by atoms with Gasteiger partial charge in [-0.2, -0.15) is 0 Å². The van der Waals surface area contributed by atoms with Crippen LogP contribution in [0.2, 0.25) is 0 Å². The number of hydrogen-bond donors (Lipinski definition) is 1. The molecule has 1 rings (SSSR count). The lowest BCUT2D eigenvalue weighted by Crippen LogP contribution is -2.35. The molecule has 3 heteroatoms.